The Morgan fingerprint density at radius 2 is 2.11 bits per heavy atom. The van der Waals surface area contributed by atoms with Crippen LogP contribution in [0.3, 0.4) is 0 Å². The average Bonchev–Trinajstić information content (AvgIpc) is 2.96. The van der Waals surface area contributed by atoms with Crippen molar-refractivity contribution in [3.8, 4) is 11.8 Å². The number of fused-ring (bicyclic) bond motifs is 1. The van der Waals surface area contributed by atoms with E-state index in [9.17, 15) is 10.1 Å². The fourth-order valence-electron chi connectivity index (χ4n) is 3.80. The third-order valence-corrected chi connectivity index (χ3v) is 6.71. The lowest BCUT2D eigenvalue weighted by Crippen LogP contribution is -2.26. The highest BCUT2D eigenvalue weighted by Gasteiger charge is 2.32. The largest absolute Gasteiger partial charge is 0.483 e. The predicted octanol–water partition coefficient (Wildman–Crippen LogP) is 5.41. The molecule has 0 aliphatic heterocycles. The molecule has 0 fully saturated rings. The molecule has 4 nitrogen and oxygen atoms in total. The molecule has 1 amide bonds. The molecule has 1 N–H and O–H groups in total. The zero-order chi connectivity index (χ0) is 20.5. The van der Waals surface area contributed by atoms with Gasteiger partial charge in [0.1, 0.15) is 16.8 Å². The molecule has 1 aliphatic carbocycles. The summed E-state index contributed by atoms with van der Waals surface area (Å²) in [6, 6.07) is 8.18. The summed E-state index contributed by atoms with van der Waals surface area (Å²) in [6.45, 7) is 10.7. The van der Waals surface area contributed by atoms with Gasteiger partial charge in [-0.3, -0.25) is 4.79 Å². The third kappa shape index (κ3) is 4.39. The number of hydrogen-bond acceptors (Lipinski definition) is 4. The van der Waals surface area contributed by atoms with Crippen LogP contribution in [-0.4, -0.2) is 12.5 Å². The number of carbonyl (C=O) groups excluding carboxylic acids is 1. The summed E-state index contributed by atoms with van der Waals surface area (Å²) in [6.07, 6.45) is 2.98. The van der Waals surface area contributed by atoms with E-state index in [1.165, 1.54) is 4.88 Å². The van der Waals surface area contributed by atoms with E-state index in [4.69, 9.17) is 4.74 Å². The first-order valence-electron chi connectivity index (χ1n) is 9.73. The van der Waals surface area contributed by atoms with Crippen molar-refractivity contribution in [3.63, 3.8) is 0 Å². The highest BCUT2D eigenvalue weighted by molar-refractivity contribution is 7.16. The van der Waals surface area contributed by atoms with E-state index in [2.05, 4.69) is 32.2 Å². The molecule has 0 bridgehead atoms. The quantitative estimate of drug-likeness (QED) is 0.752. The summed E-state index contributed by atoms with van der Waals surface area (Å²) in [5.74, 6) is 1.07. The zero-order valence-electron chi connectivity index (χ0n) is 17.3. The van der Waals surface area contributed by atoms with Crippen molar-refractivity contribution in [3.05, 3.63) is 45.3 Å². The fraction of sp³-hybridized carbons (Fsp3) is 0.478. The molecule has 1 atom stereocenters. The number of nitrogens with one attached hydrogen (secondary N) is 1. The van der Waals surface area contributed by atoms with Gasteiger partial charge in [-0.1, -0.05) is 38.5 Å². The number of rotatable bonds is 4. The van der Waals surface area contributed by atoms with Gasteiger partial charge in [0.25, 0.3) is 5.91 Å². The maximum absolute atomic E-state index is 12.4. The molecule has 0 saturated carbocycles. The van der Waals surface area contributed by atoms with Gasteiger partial charge in [-0.2, -0.15) is 5.26 Å². The number of nitriles is 1. The monoisotopic (exact) mass is 396 g/mol. The molecule has 0 radical (unpaired) electrons. The van der Waals surface area contributed by atoms with E-state index in [1.54, 1.807) is 11.3 Å². The number of anilines is 1. The molecule has 1 heterocycles. The predicted molar refractivity (Wildman–Crippen MR) is 114 cm³/mol. The first-order chi connectivity index (χ1) is 13.2. The summed E-state index contributed by atoms with van der Waals surface area (Å²) in [5, 5.41) is 13.2. The van der Waals surface area contributed by atoms with Crippen LogP contribution in [0.15, 0.2) is 18.2 Å². The Bertz CT molecular complexity index is 931. The number of aryl methyl sites for hydroxylation is 2. The Kier molecular flexibility index (Phi) is 5.81. The number of ether oxygens (including phenoxy) is 1. The normalized spacial score (nSPS) is 16.2. The SMILES string of the molecule is Cc1ccc(OCC(=O)Nc2sc3c(c2C#N)CCC(C(C)(C)C)C3)c(C)c1. The second-order valence-electron chi connectivity index (χ2n) is 8.73. The zero-order valence-corrected chi connectivity index (χ0v) is 18.1. The summed E-state index contributed by atoms with van der Waals surface area (Å²) in [5.41, 5.74) is 4.17. The molecule has 28 heavy (non-hydrogen) atoms. The number of hydrogen-bond donors (Lipinski definition) is 1. The van der Waals surface area contributed by atoms with Crippen LogP contribution >= 0.6 is 11.3 Å². The number of thiophene rings is 1. The molecule has 1 aromatic heterocycles. The van der Waals surface area contributed by atoms with Crippen LogP contribution in [0.5, 0.6) is 5.75 Å². The molecule has 2 aromatic rings. The average molecular weight is 397 g/mol. The fourth-order valence-corrected chi connectivity index (χ4v) is 5.09. The van der Waals surface area contributed by atoms with Gasteiger partial charge in [0.15, 0.2) is 6.61 Å². The van der Waals surface area contributed by atoms with Gasteiger partial charge in [-0.25, -0.2) is 0 Å². The van der Waals surface area contributed by atoms with E-state index in [-0.39, 0.29) is 17.9 Å². The van der Waals surface area contributed by atoms with Crippen molar-refractivity contribution in [1.29, 1.82) is 5.26 Å². The highest BCUT2D eigenvalue weighted by atomic mass is 32.1. The van der Waals surface area contributed by atoms with E-state index in [0.29, 0.717) is 22.2 Å². The van der Waals surface area contributed by atoms with Crippen molar-refractivity contribution in [2.45, 2.75) is 53.9 Å². The lowest BCUT2D eigenvalue weighted by Gasteiger charge is -2.33. The maximum atomic E-state index is 12.4. The molecular weight excluding hydrogens is 368 g/mol. The van der Waals surface area contributed by atoms with Crippen LogP contribution in [-0.2, 0) is 17.6 Å². The molecule has 1 unspecified atom stereocenters. The molecule has 1 aromatic carbocycles. The topological polar surface area (TPSA) is 62.1 Å². The Hall–Kier alpha value is -2.32. The van der Waals surface area contributed by atoms with Crippen LogP contribution in [0.4, 0.5) is 5.00 Å². The molecule has 1 aliphatic rings. The van der Waals surface area contributed by atoms with Gasteiger partial charge in [-0.15, -0.1) is 11.3 Å². The molecule has 0 saturated heterocycles. The lowest BCUT2D eigenvalue weighted by atomic mass is 9.72. The van der Waals surface area contributed by atoms with Gasteiger partial charge < -0.3 is 10.1 Å². The van der Waals surface area contributed by atoms with Crippen LogP contribution in [0, 0.1) is 36.5 Å². The Morgan fingerprint density at radius 1 is 1.36 bits per heavy atom. The first kappa shape index (κ1) is 20.4. The van der Waals surface area contributed by atoms with Crippen LogP contribution in [0.1, 0.15) is 54.3 Å². The molecule has 5 heteroatoms. The third-order valence-electron chi connectivity index (χ3n) is 5.54. The maximum Gasteiger partial charge on any atom is 0.262 e. The molecular formula is C23H28N2O2S. The lowest BCUT2D eigenvalue weighted by molar-refractivity contribution is -0.118. The summed E-state index contributed by atoms with van der Waals surface area (Å²) in [7, 11) is 0. The van der Waals surface area contributed by atoms with Gasteiger partial charge in [-0.05, 0) is 61.6 Å². The van der Waals surface area contributed by atoms with Crippen molar-refractivity contribution in [1.82, 2.24) is 0 Å². The standard InChI is InChI=1S/C23H28N2O2S/c1-14-6-9-19(15(2)10-14)27-13-21(26)25-22-18(12-24)17-8-7-16(23(3,4)5)11-20(17)28-22/h6,9-10,16H,7-8,11,13H2,1-5H3,(H,25,26). The summed E-state index contributed by atoms with van der Waals surface area (Å²) in [4.78, 5) is 13.7. The second kappa shape index (κ2) is 7.97. The summed E-state index contributed by atoms with van der Waals surface area (Å²) < 4.78 is 5.67. The Labute approximate surface area is 171 Å². The van der Waals surface area contributed by atoms with Crippen molar-refractivity contribution in [2.75, 3.05) is 11.9 Å². The number of amides is 1. The van der Waals surface area contributed by atoms with Crippen molar-refractivity contribution >= 4 is 22.2 Å². The van der Waals surface area contributed by atoms with Gasteiger partial charge in [0.05, 0.1) is 5.56 Å². The number of benzene rings is 1. The smallest absolute Gasteiger partial charge is 0.262 e. The van der Waals surface area contributed by atoms with Crippen molar-refractivity contribution in [2.24, 2.45) is 11.3 Å². The minimum absolute atomic E-state index is 0.0675. The molecule has 148 valence electrons. The van der Waals surface area contributed by atoms with Crippen LogP contribution in [0.2, 0.25) is 0 Å². The van der Waals surface area contributed by atoms with E-state index in [0.717, 1.165) is 36.0 Å². The van der Waals surface area contributed by atoms with Gasteiger partial charge >= 0.3 is 0 Å². The van der Waals surface area contributed by atoms with Crippen LogP contribution < -0.4 is 10.1 Å². The number of nitrogens with zero attached hydrogens (tertiary/aromatic N) is 1. The highest BCUT2D eigenvalue weighted by Crippen LogP contribution is 2.43. The first-order valence-corrected chi connectivity index (χ1v) is 10.5. The van der Waals surface area contributed by atoms with Gasteiger partial charge in [0.2, 0.25) is 0 Å². The summed E-state index contributed by atoms with van der Waals surface area (Å²) >= 11 is 1.55. The second-order valence-corrected chi connectivity index (χ2v) is 9.84. The minimum atomic E-state index is -0.234. The van der Waals surface area contributed by atoms with E-state index < -0.39 is 0 Å². The molecule has 0 spiro atoms. The van der Waals surface area contributed by atoms with Crippen LogP contribution in [0.25, 0.3) is 0 Å². The Balaban J connectivity index is 1.70. The van der Waals surface area contributed by atoms with E-state index >= 15 is 0 Å². The van der Waals surface area contributed by atoms with Crippen molar-refractivity contribution < 1.29 is 9.53 Å². The Morgan fingerprint density at radius 3 is 2.75 bits per heavy atom. The molecule has 3 rings (SSSR count). The number of carbonyl (C=O) groups is 1. The van der Waals surface area contributed by atoms with E-state index in [1.807, 2.05) is 32.0 Å². The van der Waals surface area contributed by atoms with Gasteiger partial charge in [0, 0.05) is 4.88 Å². The minimum Gasteiger partial charge on any atom is -0.483 e.